The van der Waals surface area contributed by atoms with Crippen LogP contribution in [0.5, 0.6) is 0 Å². The van der Waals surface area contributed by atoms with E-state index in [4.69, 9.17) is 16.0 Å². The van der Waals surface area contributed by atoms with Crippen LogP contribution in [0.25, 0.3) is 11.3 Å². The van der Waals surface area contributed by atoms with Gasteiger partial charge in [-0.15, -0.1) is 0 Å². The van der Waals surface area contributed by atoms with Crippen LogP contribution in [0.3, 0.4) is 0 Å². The molecule has 1 aliphatic heterocycles. The van der Waals surface area contributed by atoms with E-state index in [0.717, 1.165) is 24.2 Å². The Labute approximate surface area is 175 Å². The normalized spacial score (nSPS) is 13.6. The summed E-state index contributed by atoms with van der Waals surface area (Å²) in [5, 5.41) is 3.64. The number of aromatic nitrogens is 1. The number of halogens is 1. The molecular formula is C23H24ClN3O2. The zero-order chi connectivity index (χ0) is 20.1. The first-order chi connectivity index (χ1) is 14.2. The molecule has 2 heterocycles. The average molecular weight is 410 g/mol. The van der Waals surface area contributed by atoms with Crippen LogP contribution in [-0.4, -0.2) is 24.0 Å². The summed E-state index contributed by atoms with van der Waals surface area (Å²) >= 11 is 5.91. The van der Waals surface area contributed by atoms with Crippen molar-refractivity contribution in [2.75, 3.05) is 18.0 Å². The Balaban J connectivity index is 1.23. The first-order valence-electron chi connectivity index (χ1n) is 9.98. The zero-order valence-corrected chi connectivity index (χ0v) is 17.0. The molecule has 1 aromatic heterocycles. The Bertz CT molecular complexity index is 945. The standard InChI is InChI=1S/C23H24ClN3O2/c24-19-7-5-18(6-8-19)21-16-26-23(29-21)12-11-22(28)25-15-17-3-9-20(10-4-17)27-13-1-2-14-27/h3-10,16H,1-2,11-15H2,(H,25,28). The summed E-state index contributed by atoms with van der Waals surface area (Å²) in [5.41, 5.74) is 3.27. The smallest absolute Gasteiger partial charge is 0.220 e. The molecule has 1 amide bonds. The predicted molar refractivity (Wildman–Crippen MR) is 115 cm³/mol. The van der Waals surface area contributed by atoms with Crippen molar-refractivity contribution in [1.29, 1.82) is 0 Å². The Kier molecular flexibility index (Phi) is 6.15. The van der Waals surface area contributed by atoms with Crippen molar-refractivity contribution in [3.8, 4) is 11.3 Å². The van der Waals surface area contributed by atoms with Crippen molar-refractivity contribution in [2.45, 2.75) is 32.2 Å². The summed E-state index contributed by atoms with van der Waals surface area (Å²) in [6.45, 7) is 2.80. The molecular weight excluding hydrogens is 386 g/mol. The molecule has 1 fully saturated rings. The number of carbonyl (C=O) groups is 1. The summed E-state index contributed by atoms with van der Waals surface area (Å²) in [7, 11) is 0. The number of hydrogen-bond donors (Lipinski definition) is 1. The fraction of sp³-hybridized carbons (Fsp3) is 0.304. The maximum atomic E-state index is 12.2. The minimum absolute atomic E-state index is 0.0140. The van der Waals surface area contributed by atoms with Crippen LogP contribution in [0.1, 0.15) is 30.7 Å². The highest BCUT2D eigenvalue weighted by Crippen LogP contribution is 2.23. The monoisotopic (exact) mass is 409 g/mol. The van der Waals surface area contributed by atoms with Gasteiger partial charge in [-0.1, -0.05) is 23.7 Å². The van der Waals surface area contributed by atoms with Gasteiger partial charge in [0, 0.05) is 48.7 Å². The third kappa shape index (κ3) is 5.18. The SMILES string of the molecule is O=C(CCc1ncc(-c2ccc(Cl)cc2)o1)NCc1ccc(N2CCCC2)cc1. The predicted octanol–water partition coefficient (Wildman–Crippen LogP) is 4.84. The van der Waals surface area contributed by atoms with Gasteiger partial charge in [-0.05, 0) is 54.8 Å². The van der Waals surface area contributed by atoms with E-state index in [0.29, 0.717) is 36.1 Å². The van der Waals surface area contributed by atoms with Gasteiger partial charge in [-0.2, -0.15) is 0 Å². The highest BCUT2D eigenvalue weighted by molar-refractivity contribution is 6.30. The molecule has 0 spiro atoms. The fourth-order valence-electron chi connectivity index (χ4n) is 3.48. The quantitative estimate of drug-likeness (QED) is 0.606. The van der Waals surface area contributed by atoms with Gasteiger partial charge in [0.15, 0.2) is 11.7 Å². The number of benzene rings is 2. The zero-order valence-electron chi connectivity index (χ0n) is 16.2. The lowest BCUT2D eigenvalue weighted by molar-refractivity contribution is -0.121. The van der Waals surface area contributed by atoms with E-state index in [-0.39, 0.29) is 5.91 Å². The molecule has 0 aliphatic carbocycles. The molecule has 0 radical (unpaired) electrons. The molecule has 1 saturated heterocycles. The Hall–Kier alpha value is -2.79. The summed E-state index contributed by atoms with van der Waals surface area (Å²) in [6, 6.07) is 15.8. The minimum atomic E-state index is -0.0140. The van der Waals surface area contributed by atoms with E-state index < -0.39 is 0 Å². The first kappa shape index (κ1) is 19.5. The number of rotatable bonds is 7. The molecule has 1 aliphatic rings. The van der Waals surface area contributed by atoms with E-state index in [2.05, 4.69) is 39.5 Å². The van der Waals surface area contributed by atoms with Gasteiger partial charge < -0.3 is 14.6 Å². The van der Waals surface area contributed by atoms with Gasteiger partial charge in [0.1, 0.15) is 0 Å². The number of nitrogens with one attached hydrogen (secondary N) is 1. The number of hydrogen-bond acceptors (Lipinski definition) is 4. The Morgan fingerprint density at radius 1 is 1.07 bits per heavy atom. The number of nitrogens with zero attached hydrogens (tertiary/aromatic N) is 2. The van der Waals surface area contributed by atoms with Crippen LogP contribution >= 0.6 is 11.6 Å². The average Bonchev–Trinajstić information content (AvgIpc) is 3.44. The third-order valence-electron chi connectivity index (χ3n) is 5.15. The second kappa shape index (κ2) is 9.14. The fourth-order valence-corrected chi connectivity index (χ4v) is 3.61. The van der Waals surface area contributed by atoms with Crippen LogP contribution < -0.4 is 10.2 Å². The molecule has 2 aromatic carbocycles. The maximum Gasteiger partial charge on any atom is 0.220 e. The van der Waals surface area contributed by atoms with E-state index >= 15 is 0 Å². The molecule has 0 saturated carbocycles. The van der Waals surface area contributed by atoms with Crippen molar-refractivity contribution in [2.24, 2.45) is 0 Å². The van der Waals surface area contributed by atoms with E-state index in [1.165, 1.54) is 18.5 Å². The Morgan fingerprint density at radius 2 is 1.79 bits per heavy atom. The number of oxazole rings is 1. The molecule has 5 nitrogen and oxygen atoms in total. The van der Waals surface area contributed by atoms with Gasteiger partial charge in [0.05, 0.1) is 6.20 Å². The molecule has 0 atom stereocenters. The number of anilines is 1. The largest absolute Gasteiger partial charge is 0.441 e. The molecule has 150 valence electrons. The third-order valence-corrected chi connectivity index (χ3v) is 5.40. The highest BCUT2D eigenvalue weighted by atomic mass is 35.5. The van der Waals surface area contributed by atoms with Crippen molar-refractivity contribution in [1.82, 2.24) is 10.3 Å². The van der Waals surface area contributed by atoms with Crippen LogP contribution in [0.4, 0.5) is 5.69 Å². The van der Waals surface area contributed by atoms with Gasteiger partial charge in [0.2, 0.25) is 5.91 Å². The van der Waals surface area contributed by atoms with Gasteiger partial charge >= 0.3 is 0 Å². The molecule has 6 heteroatoms. The topological polar surface area (TPSA) is 58.4 Å². The van der Waals surface area contributed by atoms with Crippen molar-refractivity contribution >= 4 is 23.2 Å². The molecule has 29 heavy (non-hydrogen) atoms. The van der Waals surface area contributed by atoms with Crippen molar-refractivity contribution in [3.05, 3.63) is 71.2 Å². The van der Waals surface area contributed by atoms with Gasteiger partial charge in [-0.3, -0.25) is 4.79 Å². The highest BCUT2D eigenvalue weighted by Gasteiger charge is 2.12. The Morgan fingerprint density at radius 3 is 2.52 bits per heavy atom. The van der Waals surface area contributed by atoms with E-state index in [1.807, 2.05) is 24.3 Å². The van der Waals surface area contributed by atoms with Crippen molar-refractivity contribution < 1.29 is 9.21 Å². The summed E-state index contributed by atoms with van der Waals surface area (Å²) in [6.07, 6.45) is 5.02. The van der Waals surface area contributed by atoms with Gasteiger partial charge in [0.25, 0.3) is 0 Å². The lowest BCUT2D eigenvalue weighted by Crippen LogP contribution is -2.23. The molecule has 3 aromatic rings. The van der Waals surface area contributed by atoms with Crippen molar-refractivity contribution in [3.63, 3.8) is 0 Å². The lowest BCUT2D eigenvalue weighted by Gasteiger charge is -2.17. The summed E-state index contributed by atoms with van der Waals surface area (Å²) in [5.74, 6) is 1.22. The molecule has 1 N–H and O–H groups in total. The van der Waals surface area contributed by atoms with Crippen LogP contribution in [0.2, 0.25) is 5.02 Å². The number of amides is 1. The van der Waals surface area contributed by atoms with Crippen LogP contribution in [-0.2, 0) is 17.8 Å². The number of aryl methyl sites for hydroxylation is 1. The van der Waals surface area contributed by atoms with E-state index in [1.54, 1.807) is 6.20 Å². The second-order valence-corrected chi connectivity index (χ2v) is 7.70. The first-order valence-corrected chi connectivity index (χ1v) is 10.4. The molecule has 0 unspecified atom stereocenters. The molecule has 4 rings (SSSR count). The van der Waals surface area contributed by atoms with Gasteiger partial charge in [-0.25, -0.2) is 4.98 Å². The second-order valence-electron chi connectivity index (χ2n) is 7.26. The summed E-state index contributed by atoms with van der Waals surface area (Å²) < 4.78 is 5.75. The van der Waals surface area contributed by atoms with E-state index in [9.17, 15) is 4.79 Å². The maximum absolute atomic E-state index is 12.2. The minimum Gasteiger partial charge on any atom is -0.441 e. The van der Waals surface area contributed by atoms with Crippen LogP contribution in [0, 0.1) is 0 Å². The summed E-state index contributed by atoms with van der Waals surface area (Å²) in [4.78, 5) is 18.8. The number of carbonyl (C=O) groups excluding carboxylic acids is 1. The molecule has 0 bridgehead atoms. The lowest BCUT2D eigenvalue weighted by atomic mass is 10.2. The van der Waals surface area contributed by atoms with Crippen LogP contribution in [0.15, 0.2) is 59.1 Å².